The van der Waals surface area contributed by atoms with Gasteiger partial charge in [-0.3, -0.25) is 4.79 Å². The highest BCUT2D eigenvalue weighted by molar-refractivity contribution is 5.96. The number of pyridine rings is 1. The normalized spacial score (nSPS) is 17.2. The molecule has 3 aromatic rings. The van der Waals surface area contributed by atoms with E-state index in [1.165, 1.54) is 0 Å². The first-order valence-corrected chi connectivity index (χ1v) is 9.55. The van der Waals surface area contributed by atoms with Crippen LogP contribution >= 0.6 is 0 Å². The van der Waals surface area contributed by atoms with E-state index >= 15 is 0 Å². The van der Waals surface area contributed by atoms with Crippen LogP contribution in [-0.2, 0) is 6.42 Å². The van der Waals surface area contributed by atoms with Gasteiger partial charge < -0.3 is 14.6 Å². The molecule has 1 N–H and O–H groups in total. The van der Waals surface area contributed by atoms with Crippen molar-refractivity contribution in [1.82, 2.24) is 19.9 Å². The average Bonchev–Trinajstić information content (AvgIpc) is 3.10. The summed E-state index contributed by atoms with van der Waals surface area (Å²) in [4.78, 5) is 27.2. The van der Waals surface area contributed by atoms with E-state index in [1.807, 2.05) is 36.1 Å². The highest BCUT2D eigenvalue weighted by Gasteiger charge is 2.27. The summed E-state index contributed by atoms with van der Waals surface area (Å²) in [5, 5.41) is 0. The van der Waals surface area contributed by atoms with Crippen molar-refractivity contribution in [3.63, 3.8) is 0 Å². The molecule has 3 heterocycles. The molecule has 0 bridgehead atoms. The maximum Gasteiger partial charge on any atom is 0.259 e. The van der Waals surface area contributed by atoms with Crippen LogP contribution in [0.2, 0.25) is 0 Å². The molecule has 1 aliphatic heterocycles. The van der Waals surface area contributed by atoms with Gasteiger partial charge in [-0.05, 0) is 49.9 Å². The molecule has 0 aliphatic carbocycles. The highest BCUT2D eigenvalue weighted by atomic mass is 16.5. The van der Waals surface area contributed by atoms with Crippen molar-refractivity contribution in [3.05, 3.63) is 54.0 Å². The van der Waals surface area contributed by atoms with Gasteiger partial charge in [0.1, 0.15) is 11.4 Å². The fourth-order valence-electron chi connectivity index (χ4n) is 3.77. The molecule has 27 heavy (non-hydrogen) atoms. The zero-order chi connectivity index (χ0) is 18.6. The second-order valence-electron chi connectivity index (χ2n) is 6.95. The van der Waals surface area contributed by atoms with Crippen LogP contribution in [0.3, 0.4) is 0 Å². The van der Waals surface area contributed by atoms with E-state index in [9.17, 15) is 4.79 Å². The van der Waals surface area contributed by atoms with Gasteiger partial charge in [0.25, 0.3) is 5.91 Å². The zero-order valence-electron chi connectivity index (χ0n) is 15.5. The van der Waals surface area contributed by atoms with Crippen molar-refractivity contribution in [2.45, 2.75) is 26.2 Å². The predicted molar refractivity (Wildman–Crippen MR) is 104 cm³/mol. The number of imidazole rings is 1. The van der Waals surface area contributed by atoms with E-state index in [0.29, 0.717) is 24.0 Å². The third kappa shape index (κ3) is 3.79. The molecule has 0 saturated carbocycles. The van der Waals surface area contributed by atoms with Gasteiger partial charge in [-0.2, -0.15) is 0 Å². The Labute approximate surface area is 158 Å². The minimum absolute atomic E-state index is 0.000793. The maximum atomic E-state index is 13.0. The van der Waals surface area contributed by atoms with Crippen molar-refractivity contribution in [3.8, 4) is 5.88 Å². The van der Waals surface area contributed by atoms with Crippen LogP contribution in [0.15, 0.2) is 42.6 Å². The van der Waals surface area contributed by atoms with Crippen LogP contribution in [0.1, 0.15) is 35.9 Å². The molecule has 140 valence electrons. The van der Waals surface area contributed by atoms with E-state index in [0.717, 1.165) is 49.2 Å². The second kappa shape index (κ2) is 7.78. The lowest BCUT2D eigenvalue weighted by atomic mass is 9.94. The van der Waals surface area contributed by atoms with Crippen molar-refractivity contribution in [2.75, 3.05) is 19.7 Å². The summed E-state index contributed by atoms with van der Waals surface area (Å²) in [7, 11) is 0. The SMILES string of the molecule is CCOc1ncccc1C(=O)N1CCCC(Cc2nc3ccccc3[nH]2)C1. The standard InChI is InChI=1S/C21H24N4O2/c1-2-27-20-16(8-5-11-22-20)21(26)25-12-6-7-15(14-25)13-19-23-17-9-3-4-10-18(17)24-19/h3-5,8-11,15H,2,6-7,12-14H2,1H3,(H,23,24). The number of ether oxygens (including phenoxy) is 1. The Morgan fingerprint density at radius 3 is 3.04 bits per heavy atom. The molecule has 4 rings (SSSR count). The highest BCUT2D eigenvalue weighted by Crippen LogP contribution is 2.24. The Balaban J connectivity index is 1.47. The number of H-pyrrole nitrogens is 1. The molecule has 1 unspecified atom stereocenters. The average molecular weight is 364 g/mol. The zero-order valence-corrected chi connectivity index (χ0v) is 15.5. The summed E-state index contributed by atoms with van der Waals surface area (Å²) in [6.45, 7) is 3.89. The molecule has 1 aliphatic rings. The molecule has 6 heteroatoms. The number of nitrogens with one attached hydrogen (secondary N) is 1. The number of aromatic amines is 1. The summed E-state index contributed by atoms with van der Waals surface area (Å²) in [6, 6.07) is 11.6. The van der Waals surface area contributed by atoms with Gasteiger partial charge in [0.05, 0.1) is 17.6 Å². The van der Waals surface area contributed by atoms with Crippen molar-refractivity contribution in [1.29, 1.82) is 0 Å². The number of hydrogen-bond donors (Lipinski definition) is 1. The number of fused-ring (bicyclic) bond motifs is 1. The van der Waals surface area contributed by atoms with E-state index in [-0.39, 0.29) is 5.91 Å². The number of aromatic nitrogens is 3. The minimum Gasteiger partial charge on any atom is -0.477 e. The maximum absolute atomic E-state index is 13.0. The van der Waals surface area contributed by atoms with E-state index in [4.69, 9.17) is 4.74 Å². The number of hydrogen-bond acceptors (Lipinski definition) is 4. The summed E-state index contributed by atoms with van der Waals surface area (Å²) in [5.41, 5.74) is 2.60. The summed E-state index contributed by atoms with van der Waals surface area (Å²) in [5.74, 6) is 1.81. The van der Waals surface area contributed by atoms with Crippen LogP contribution in [0, 0.1) is 5.92 Å². The minimum atomic E-state index is 0.000793. The number of rotatable bonds is 5. The van der Waals surface area contributed by atoms with Gasteiger partial charge >= 0.3 is 0 Å². The largest absolute Gasteiger partial charge is 0.477 e. The molecule has 0 radical (unpaired) electrons. The van der Waals surface area contributed by atoms with Gasteiger partial charge in [-0.25, -0.2) is 9.97 Å². The number of piperidine rings is 1. The lowest BCUT2D eigenvalue weighted by Gasteiger charge is -2.32. The van der Waals surface area contributed by atoms with Crippen LogP contribution in [0.5, 0.6) is 5.88 Å². The number of likely N-dealkylation sites (tertiary alicyclic amines) is 1. The first kappa shape index (κ1) is 17.5. The van der Waals surface area contributed by atoms with Crippen LogP contribution in [-0.4, -0.2) is 45.5 Å². The molecular formula is C21H24N4O2. The van der Waals surface area contributed by atoms with Crippen LogP contribution < -0.4 is 4.74 Å². The van der Waals surface area contributed by atoms with Crippen molar-refractivity contribution < 1.29 is 9.53 Å². The third-order valence-electron chi connectivity index (χ3n) is 5.01. The van der Waals surface area contributed by atoms with Gasteiger partial charge in [-0.15, -0.1) is 0 Å². The topological polar surface area (TPSA) is 71.1 Å². The fourth-order valence-corrected chi connectivity index (χ4v) is 3.77. The Morgan fingerprint density at radius 1 is 1.30 bits per heavy atom. The lowest BCUT2D eigenvalue weighted by Crippen LogP contribution is -2.40. The van der Waals surface area contributed by atoms with Gasteiger partial charge in [-0.1, -0.05) is 12.1 Å². The van der Waals surface area contributed by atoms with E-state index < -0.39 is 0 Å². The van der Waals surface area contributed by atoms with Gasteiger partial charge in [0.15, 0.2) is 0 Å². The number of carbonyl (C=O) groups is 1. The molecule has 1 atom stereocenters. The smallest absolute Gasteiger partial charge is 0.259 e. The lowest BCUT2D eigenvalue weighted by molar-refractivity contribution is 0.0667. The predicted octanol–water partition coefficient (Wildman–Crippen LogP) is 3.45. The van der Waals surface area contributed by atoms with Crippen LogP contribution in [0.25, 0.3) is 11.0 Å². The fraction of sp³-hybridized carbons (Fsp3) is 0.381. The number of amides is 1. The number of nitrogens with zero attached hydrogens (tertiary/aromatic N) is 3. The number of para-hydroxylation sites is 2. The second-order valence-corrected chi connectivity index (χ2v) is 6.95. The molecule has 1 saturated heterocycles. The monoisotopic (exact) mass is 364 g/mol. The Kier molecular flexibility index (Phi) is 5.05. The van der Waals surface area contributed by atoms with Crippen LogP contribution in [0.4, 0.5) is 0 Å². The Hall–Kier alpha value is -2.89. The molecule has 1 fully saturated rings. The molecular weight excluding hydrogens is 340 g/mol. The Bertz CT molecular complexity index is 904. The first-order valence-electron chi connectivity index (χ1n) is 9.55. The molecule has 0 spiro atoms. The molecule has 1 aromatic carbocycles. The third-order valence-corrected chi connectivity index (χ3v) is 5.01. The van der Waals surface area contributed by atoms with Crippen molar-refractivity contribution in [2.24, 2.45) is 5.92 Å². The quantitative estimate of drug-likeness (QED) is 0.753. The molecule has 1 amide bonds. The molecule has 2 aromatic heterocycles. The van der Waals surface area contributed by atoms with Gasteiger partial charge in [0, 0.05) is 25.7 Å². The molecule has 6 nitrogen and oxygen atoms in total. The number of benzene rings is 1. The first-order chi connectivity index (χ1) is 13.2. The van der Waals surface area contributed by atoms with E-state index in [1.54, 1.807) is 18.3 Å². The summed E-state index contributed by atoms with van der Waals surface area (Å²) in [6.07, 6.45) is 4.61. The van der Waals surface area contributed by atoms with Crippen molar-refractivity contribution >= 4 is 16.9 Å². The number of carbonyl (C=O) groups excluding carboxylic acids is 1. The Morgan fingerprint density at radius 2 is 2.19 bits per heavy atom. The van der Waals surface area contributed by atoms with E-state index in [2.05, 4.69) is 15.0 Å². The summed E-state index contributed by atoms with van der Waals surface area (Å²) < 4.78 is 5.53. The van der Waals surface area contributed by atoms with Gasteiger partial charge in [0.2, 0.25) is 5.88 Å². The summed E-state index contributed by atoms with van der Waals surface area (Å²) >= 11 is 0.